The smallest absolute Gasteiger partial charge is 0.238 e. The van der Waals surface area contributed by atoms with Gasteiger partial charge < -0.3 is 19.3 Å². The highest BCUT2D eigenvalue weighted by Gasteiger charge is 2.23. The third kappa shape index (κ3) is 11.1. The van der Waals surface area contributed by atoms with Crippen molar-refractivity contribution in [2.24, 2.45) is 8.73 Å². The first-order valence-electron chi connectivity index (χ1n) is 18.0. The Kier molecular flexibility index (Phi) is 12.9. The first kappa shape index (κ1) is 40.3. The Morgan fingerprint density at radius 2 is 1.33 bits per heavy atom. The van der Waals surface area contributed by atoms with E-state index in [2.05, 4.69) is 89.8 Å². The van der Waals surface area contributed by atoms with Crippen molar-refractivity contribution in [3.8, 4) is 5.95 Å². The zero-order valence-corrected chi connectivity index (χ0v) is 34.4. The van der Waals surface area contributed by atoms with E-state index in [1.54, 1.807) is 31.1 Å². The number of hydrogen-bond acceptors (Lipinski definition) is 12. The first-order valence-corrected chi connectivity index (χ1v) is 23.0. The Balaban J connectivity index is 0.000000158. The number of fused-ring (bicyclic) bond motifs is 2. The Morgan fingerprint density at radius 3 is 1.95 bits per heavy atom. The van der Waals surface area contributed by atoms with Gasteiger partial charge in [0.05, 0.1) is 44.0 Å². The molecule has 16 heteroatoms. The molecule has 55 heavy (non-hydrogen) atoms. The Labute approximate surface area is 329 Å². The van der Waals surface area contributed by atoms with Gasteiger partial charge in [-0.05, 0) is 55.1 Å². The molecule has 0 amide bonds. The van der Waals surface area contributed by atoms with E-state index >= 15 is 0 Å². The van der Waals surface area contributed by atoms with Crippen molar-refractivity contribution < 1.29 is 17.9 Å². The molecule has 0 spiro atoms. The number of halogens is 1. The number of rotatable bonds is 5. The Hall–Kier alpha value is -4.41. The third-order valence-corrected chi connectivity index (χ3v) is 10.2. The molecular weight excluding hydrogens is 758 g/mol. The molecule has 3 aliphatic rings. The molecule has 292 valence electrons. The minimum atomic E-state index is -2.33. The predicted molar refractivity (Wildman–Crippen MR) is 224 cm³/mol. The van der Waals surface area contributed by atoms with E-state index in [1.807, 2.05) is 41.1 Å². The number of aromatic nitrogens is 5. The summed E-state index contributed by atoms with van der Waals surface area (Å²) in [7, 11) is -4.61. The molecule has 2 aromatic carbocycles. The lowest BCUT2D eigenvalue weighted by Gasteiger charge is -2.34. The average molecular weight is 806 g/mol. The van der Waals surface area contributed by atoms with Crippen LogP contribution in [0.25, 0.3) is 22.9 Å². The molecule has 5 aromatic rings. The Morgan fingerprint density at radius 1 is 0.745 bits per heavy atom. The molecule has 2 fully saturated rings. The lowest BCUT2D eigenvalue weighted by molar-refractivity contribution is 0.0985. The molecule has 2 saturated heterocycles. The highest BCUT2D eigenvalue weighted by Crippen LogP contribution is 2.27. The maximum Gasteiger partial charge on any atom is 0.238 e. The highest BCUT2D eigenvalue weighted by atomic mass is 35.5. The van der Waals surface area contributed by atoms with E-state index in [0.717, 1.165) is 36.2 Å². The van der Waals surface area contributed by atoms with Gasteiger partial charge in [-0.3, -0.25) is 4.57 Å². The van der Waals surface area contributed by atoms with Crippen LogP contribution in [-0.2, 0) is 35.4 Å². The van der Waals surface area contributed by atoms with Crippen molar-refractivity contribution in [3.05, 3.63) is 95.4 Å². The number of anilines is 2. The van der Waals surface area contributed by atoms with Crippen LogP contribution in [0.1, 0.15) is 25.0 Å². The zero-order valence-electron chi connectivity index (χ0n) is 32.0. The lowest BCUT2D eigenvalue weighted by Crippen LogP contribution is -2.44. The molecule has 2 atom stereocenters. The van der Waals surface area contributed by atoms with E-state index in [-0.39, 0.29) is 17.4 Å². The van der Waals surface area contributed by atoms with E-state index in [9.17, 15) is 8.42 Å². The molecule has 8 rings (SSSR count). The standard InChI is InChI=1S/C19H23N5O2S.C11H17ClN4O2S.C9H8/c1-14-13-26-11-10-23(14)18-12-17(22-27(2,3)25)20-19(21-18)24-9-8-15-6-4-5-7-16(15)24;1-8-7-18-5-4-16(8)10-6-9(13-11(12)14-10)15-19(2,3)17;1-2-5-9-7-3-6-8(9)4-1/h4-9,12,14H,10-11,13H2,1-3H3;6,8H,4-5,7H2,1-3H3;1-6H,7H2/t14-;8-;/m11./s1. The molecule has 0 bridgehead atoms. The predicted octanol–water partition coefficient (Wildman–Crippen LogP) is 6.97. The van der Waals surface area contributed by atoms with E-state index in [0.29, 0.717) is 49.8 Å². The number of para-hydroxylation sites is 1. The molecule has 1 aliphatic carbocycles. The quantitative estimate of drug-likeness (QED) is 0.171. The van der Waals surface area contributed by atoms with Crippen LogP contribution in [0.3, 0.4) is 0 Å². The topological polar surface area (TPSA) is 140 Å². The molecule has 0 radical (unpaired) electrons. The normalized spacial score (nSPS) is 18.2. The van der Waals surface area contributed by atoms with Gasteiger partial charge in [0.1, 0.15) is 11.6 Å². The fourth-order valence-corrected chi connectivity index (χ4v) is 7.60. The second-order valence-electron chi connectivity index (χ2n) is 14.1. The summed E-state index contributed by atoms with van der Waals surface area (Å²) < 4.78 is 45.2. The van der Waals surface area contributed by atoms with Crippen LogP contribution in [0.5, 0.6) is 0 Å². The van der Waals surface area contributed by atoms with Crippen LogP contribution in [0, 0.1) is 0 Å². The van der Waals surface area contributed by atoms with Crippen LogP contribution in [0.15, 0.2) is 87.7 Å². The molecule has 13 nitrogen and oxygen atoms in total. The molecule has 0 saturated carbocycles. The minimum Gasteiger partial charge on any atom is -0.377 e. The van der Waals surface area contributed by atoms with Gasteiger partial charge in [-0.25, -0.2) is 13.4 Å². The zero-order chi connectivity index (χ0) is 39.2. The summed E-state index contributed by atoms with van der Waals surface area (Å²) in [5.74, 6) is 2.77. The minimum absolute atomic E-state index is 0.110. The van der Waals surface area contributed by atoms with Crippen molar-refractivity contribution in [2.75, 3.05) is 74.3 Å². The van der Waals surface area contributed by atoms with Crippen molar-refractivity contribution in [1.29, 1.82) is 0 Å². The largest absolute Gasteiger partial charge is 0.377 e. The van der Waals surface area contributed by atoms with E-state index < -0.39 is 19.5 Å². The molecule has 2 aliphatic heterocycles. The van der Waals surface area contributed by atoms with Gasteiger partial charge in [0.2, 0.25) is 11.2 Å². The SMILES string of the molecule is C1=Cc2ccccc2C1.C[C@@H]1COCCN1c1cc(N=S(C)(C)=O)nc(-n2ccc3ccccc32)n1.C[C@@H]1COCCN1c1cc(N=S(C)(C)=O)nc(Cl)n1. The van der Waals surface area contributed by atoms with Gasteiger partial charge in [-0.1, -0.05) is 54.6 Å². The fourth-order valence-electron chi connectivity index (χ4n) is 6.34. The lowest BCUT2D eigenvalue weighted by atomic mass is 10.1. The van der Waals surface area contributed by atoms with Gasteiger partial charge in [-0.15, -0.1) is 0 Å². The summed E-state index contributed by atoms with van der Waals surface area (Å²) in [6.45, 7) is 8.24. The Bertz CT molecular complexity index is 2410. The summed E-state index contributed by atoms with van der Waals surface area (Å²) in [6.07, 6.45) is 13.8. The van der Waals surface area contributed by atoms with E-state index in [1.165, 1.54) is 11.1 Å². The molecule has 0 N–H and O–H groups in total. The van der Waals surface area contributed by atoms with Crippen LogP contribution in [-0.4, -0.2) is 110 Å². The average Bonchev–Trinajstić information content (AvgIpc) is 3.79. The third-order valence-electron chi connectivity index (χ3n) is 8.81. The fraction of sp³-hybridized carbons (Fsp3) is 0.385. The van der Waals surface area contributed by atoms with Crippen LogP contribution >= 0.6 is 11.6 Å². The van der Waals surface area contributed by atoms with Gasteiger partial charge in [0.15, 0.2) is 11.6 Å². The van der Waals surface area contributed by atoms with Gasteiger partial charge in [-0.2, -0.15) is 23.7 Å². The van der Waals surface area contributed by atoms with Crippen molar-refractivity contribution >= 4 is 71.3 Å². The second-order valence-corrected chi connectivity index (χ2v) is 19.5. The van der Waals surface area contributed by atoms with Crippen molar-refractivity contribution in [2.45, 2.75) is 32.4 Å². The van der Waals surface area contributed by atoms with Crippen molar-refractivity contribution in [3.63, 3.8) is 0 Å². The number of ether oxygens (including phenoxy) is 2. The second kappa shape index (κ2) is 17.6. The van der Waals surface area contributed by atoms with Crippen LogP contribution in [0.2, 0.25) is 5.28 Å². The number of allylic oxidation sites excluding steroid dienone is 1. The molecule has 5 heterocycles. The first-order chi connectivity index (χ1) is 26.2. The van der Waals surface area contributed by atoms with Crippen molar-refractivity contribution in [1.82, 2.24) is 24.5 Å². The summed E-state index contributed by atoms with van der Waals surface area (Å²) in [6, 6.07) is 22.5. The van der Waals surface area contributed by atoms with Gasteiger partial charge >= 0.3 is 0 Å². The van der Waals surface area contributed by atoms with Gasteiger partial charge in [0.25, 0.3) is 0 Å². The summed E-state index contributed by atoms with van der Waals surface area (Å²) in [5.41, 5.74) is 3.86. The monoisotopic (exact) mass is 805 g/mol. The van der Waals surface area contributed by atoms with E-state index in [4.69, 9.17) is 26.1 Å². The maximum atomic E-state index is 12.3. The molecule has 0 unspecified atom stereocenters. The summed E-state index contributed by atoms with van der Waals surface area (Å²) >= 11 is 5.91. The number of benzene rings is 2. The van der Waals surface area contributed by atoms with Gasteiger partial charge in [0, 0.05) is 81.3 Å². The maximum absolute atomic E-state index is 12.3. The van der Waals surface area contributed by atoms with Crippen LogP contribution in [0.4, 0.5) is 23.3 Å². The summed E-state index contributed by atoms with van der Waals surface area (Å²) in [5, 5.41) is 1.22. The number of hydrogen-bond donors (Lipinski definition) is 0. The molecule has 3 aromatic heterocycles. The summed E-state index contributed by atoms with van der Waals surface area (Å²) in [4.78, 5) is 21.9. The molecular formula is C39H48ClN9O4S2. The highest BCUT2D eigenvalue weighted by molar-refractivity contribution is 7.92. The number of nitrogens with zero attached hydrogens (tertiary/aromatic N) is 9. The number of morpholine rings is 2. The van der Waals surface area contributed by atoms with Crippen LogP contribution < -0.4 is 9.80 Å².